The van der Waals surface area contributed by atoms with E-state index >= 15 is 0 Å². The van der Waals surface area contributed by atoms with Crippen LogP contribution >= 0.6 is 0 Å². The fraction of sp³-hybridized carbons (Fsp3) is 0.733. The van der Waals surface area contributed by atoms with Crippen molar-refractivity contribution in [2.45, 2.75) is 75.1 Å². The second kappa shape index (κ2) is 6.31. The zero-order chi connectivity index (χ0) is 28.3. The molecule has 10 nitrogen and oxygen atoms in total. The molecule has 13 atom stereocenters. The first kappa shape index (κ1) is 24.5. The second-order valence-electron chi connectivity index (χ2n) is 14.6. The third kappa shape index (κ3) is 2.00. The van der Waals surface area contributed by atoms with Crippen LogP contribution in [0.25, 0.3) is 0 Å². The number of hydrogen-bond acceptors (Lipinski definition) is 10. The van der Waals surface area contributed by atoms with Gasteiger partial charge in [-0.2, -0.15) is 0 Å². The topological polar surface area (TPSA) is 174 Å². The van der Waals surface area contributed by atoms with E-state index in [-0.39, 0.29) is 53.2 Å². The van der Waals surface area contributed by atoms with Crippen LogP contribution in [-0.4, -0.2) is 84.5 Å². The van der Waals surface area contributed by atoms with Gasteiger partial charge in [-0.15, -0.1) is 0 Å². The quantitative estimate of drug-likeness (QED) is 0.247. The standard InChI is InChI=1S/C30H34O10/c1-10-19-20-21-26(3,24(35)30(19,38)40-22(10)33)14-5-15(14)27(21,36)7-18-25(2)13-4-16(13)28(37,9-32)17(25)6-12-11(8-31)23(34)39-29(12,18)20/h13-18,24,31-32,35-38H,4-9H2,1-3H3/t13-,14-,15+,16+,17?,18?,24-,25+,26+,27+,28+,29+,30+/m1/s1. The van der Waals surface area contributed by atoms with E-state index in [4.69, 9.17) is 9.47 Å². The summed E-state index contributed by atoms with van der Waals surface area (Å²) in [6, 6.07) is 0. The Morgan fingerprint density at radius 2 is 1.60 bits per heavy atom. The summed E-state index contributed by atoms with van der Waals surface area (Å²) in [4.78, 5) is 26.6. The van der Waals surface area contributed by atoms with E-state index in [1.807, 2.05) is 0 Å². The molecule has 0 saturated heterocycles. The summed E-state index contributed by atoms with van der Waals surface area (Å²) in [7, 11) is 0. The number of ether oxygens (including phenoxy) is 2. The van der Waals surface area contributed by atoms with E-state index in [1.54, 1.807) is 6.92 Å². The average Bonchev–Trinajstić information content (AvgIpc) is 3.80. The Hall–Kier alpha value is -2.08. The summed E-state index contributed by atoms with van der Waals surface area (Å²) in [6.07, 6.45) is 0.137. The molecular weight excluding hydrogens is 520 g/mol. The summed E-state index contributed by atoms with van der Waals surface area (Å²) in [5.74, 6) is -5.48. The van der Waals surface area contributed by atoms with Crippen molar-refractivity contribution in [3.8, 4) is 0 Å². The van der Waals surface area contributed by atoms with E-state index in [9.17, 15) is 40.2 Å². The van der Waals surface area contributed by atoms with Crippen molar-refractivity contribution in [1.82, 2.24) is 0 Å². The molecule has 0 bridgehead atoms. The summed E-state index contributed by atoms with van der Waals surface area (Å²) in [6.45, 7) is 4.31. The lowest BCUT2D eigenvalue weighted by molar-refractivity contribution is -0.244. The van der Waals surface area contributed by atoms with E-state index in [1.165, 1.54) is 6.92 Å². The lowest BCUT2D eigenvalue weighted by atomic mass is 9.42. The highest BCUT2D eigenvalue weighted by atomic mass is 16.7. The highest BCUT2D eigenvalue weighted by Crippen LogP contribution is 2.84. The van der Waals surface area contributed by atoms with Gasteiger partial charge in [-0.05, 0) is 72.8 Å². The van der Waals surface area contributed by atoms with Gasteiger partial charge >= 0.3 is 11.9 Å². The SMILES string of the molecule is CC1=C2C3=C4[C@](C)([C@@H]5C[C@@H]5[C@@]4(O)CC4[C@]35OC(=O)C(CO)=C5CC3[C@]4(C)[C@@H]4C[C@@H]4[C@@]3(O)CO)[C@@H](O)[C@@]2(O)OC1=O. The molecular formula is C30H34O10. The molecule has 10 heteroatoms. The predicted octanol–water partition coefficient (Wildman–Crippen LogP) is -0.390. The summed E-state index contributed by atoms with van der Waals surface area (Å²) in [5, 5.41) is 69.3. The first-order chi connectivity index (χ1) is 18.7. The minimum Gasteiger partial charge on any atom is -0.446 e. The van der Waals surface area contributed by atoms with Crippen LogP contribution in [0.5, 0.6) is 0 Å². The molecule has 6 N–H and O–H groups in total. The van der Waals surface area contributed by atoms with Crippen LogP contribution in [-0.2, 0) is 19.1 Å². The Bertz CT molecular complexity index is 1490. The van der Waals surface area contributed by atoms with E-state index in [2.05, 4.69) is 6.92 Å². The maximum Gasteiger partial charge on any atom is 0.337 e. The molecule has 5 fully saturated rings. The van der Waals surface area contributed by atoms with Crippen molar-refractivity contribution in [2.75, 3.05) is 13.2 Å². The van der Waals surface area contributed by atoms with Crippen molar-refractivity contribution in [3.05, 3.63) is 33.4 Å². The fourth-order valence-corrected chi connectivity index (χ4v) is 12.0. The summed E-state index contributed by atoms with van der Waals surface area (Å²) < 4.78 is 12.0. The maximum atomic E-state index is 13.6. The molecule has 5 saturated carbocycles. The molecule has 9 aliphatic rings. The number of hydrogen-bond donors (Lipinski definition) is 6. The zero-order valence-corrected chi connectivity index (χ0v) is 22.6. The monoisotopic (exact) mass is 554 g/mol. The number of rotatable bonds is 2. The minimum atomic E-state index is -2.40. The molecule has 0 aromatic carbocycles. The molecule has 0 amide bonds. The van der Waals surface area contributed by atoms with Crippen LogP contribution in [0.3, 0.4) is 0 Å². The average molecular weight is 555 g/mol. The smallest absolute Gasteiger partial charge is 0.337 e. The van der Waals surface area contributed by atoms with Gasteiger partial charge in [0, 0.05) is 34.0 Å². The zero-order valence-electron chi connectivity index (χ0n) is 22.6. The van der Waals surface area contributed by atoms with Crippen LogP contribution in [0.2, 0.25) is 0 Å². The largest absolute Gasteiger partial charge is 0.446 e. The van der Waals surface area contributed by atoms with Crippen LogP contribution < -0.4 is 0 Å². The van der Waals surface area contributed by atoms with Crippen molar-refractivity contribution in [1.29, 1.82) is 0 Å². The fourth-order valence-electron chi connectivity index (χ4n) is 12.0. The highest BCUT2D eigenvalue weighted by molar-refractivity contribution is 5.98. The van der Waals surface area contributed by atoms with Gasteiger partial charge in [-0.1, -0.05) is 13.8 Å². The third-order valence-corrected chi connectivity index (χ3v) is 13.7. The van der Waals surface area contributed by atoms with Gasteiger partial charge in [0.2, 0.25) is 0 Å². The van der Waals surface area contributed by atoms with Crippen molar-refractivity contribution in [2.24, 2.45) is 46.3 Å². The van der Waals surface area contributed by atoms with Crippen molar-refractivity contribution >= 4 is 11.9 Å². The van der Waals surface area contributed by atoms with Gasteiger partial charge in [-0.25, -0.2) is 9.59 Å². The van der Waals surface area contributed by atoms with Gasteiger partial charge in [0.05, 0.1) is 30.0 Å². The maximum absolute atomic E-state index is 13.6. The van der Waals surface area contributed by atoms with Crippen LogP contribution in [0.15, 0.2) is 33.4 Å². The predicted molar refractivity (Wildman–Crippen MR) is 132 cm³/mol. The molecule has 7 aliphatic carbocycles. The first-order valence-electron chi connectivity index (χ1n) is 14.5. The molecule has 2 unspecified atom stereocenters. The van der Waals surface area contributed by atoms with Gasteiger partial charge in [-0.3, -0.25) is 0 Å². The molecule has 2 aliphatic heterocycles. The number of esters is 2. The number of fused-ring (bicyclic) bond motifs is 9. The number of aliphatic hydroxyl groups excluding tert-OH is 3. The third-order valence-electron chi connectivity index (χ3n) is 13.7. The first-order valence-corrected chi connectivity index (χ1v) is 14.5. The van der Waals surface area contributed by atoms with E-state index < -0.39 is 76.5 Å². The lowest BCUT2D eigenvalue weighted by Crippen LogP contribution is -2.69. The van der Waals surface area contributed by atoms with Gasteiger partial charge in [0.1, 0.15) is 6.10 Å². The Labute approximate surface area is 230 Å². The lowest BCUT2D eigenvalue weighted by Gasteiger charge is -2.64. The molecule has 0 aromatic heterocycles. The van der Waals surface area contributed by atoms with E-state index in [0.29, 0.717) is 29.6 Å². The molecule has 214 valence electrons. The molecule has 0 radical (unpaired) electrons. The highest BCUT2D eigenvalue weighted by Gasteiger charge is 2.87. The molecule has 40 heavy (non-hydrogen) atoms. The van der Waals surface area contributed by atoms with E-state index in [0.717, 1.165) is 0 Å². The van der Waals surface area contributed by atoms with Crippen LogP contribution in [0, 0.1) is 46.3 Å². The molecule has 1 spiro atoms. The van der Waals surface area contributed by atoms with Crippen molar-refractivity contribution < 1.29 is 49.7 Å². The molecule has 0 aromatic rings. The minimum absolute atomic E-state index is 0.00749. The number of aliphatic hydroxyl groups is 6. The Balaban J connectivity index is 1.43. The van der Waals surface area contributed by atoms with Crippen LogP contribution in [0.1, 0.15) is 46.5 Å². The summed E-state index contributed by atoms with van der Waals surface area (Å²) in [5.41, 5.74) is -4.69. The Morgan fingerprint density at radius 3 is 2.27 bits per heavy atom. The second-order valence-corrected chi connectivity index (χ2v) is 14.6. The number of carbonyl (C=O) groups excluding carboxylic acids is 2. The van der Waals surface area contributed by atoms with Gasteiger partial charge < -0.3 is 40.1 Å². The number of carbonyl (C=O) groups is 2. The Kier molecular flexibility index (Phi) is 3.86. The molecule has 9 rings (SSSR count). The van der Waals surface area contributed by atoms with Crippen molar-refractivity contribution in [3.63, 3.8) is 0 Å². The Morgan fingerprint density at radius 1 is 0.900 bits per heavy atom. The van der Waals surface area contributed by atoms with Crippen LogP contribution in [0.4, 0.5) is 0 Å². The summed E-state index contributed by atoms with van der Waals surface area (Å²) >= 11 is 0. The van der Waals surface area contributed by atoms with Gasteiger partial charge in [0.25, 0.3) is 5.79 Å². The normalized spacial score (nSPS) is 59.5. The van der Waals surface area contributed by atoms with Gasteiger partial charge in [0.15, 0.2) is 5.60 Å². The molecule has 2 heterocycles.